The predicted octanol–water partition coefficient (Wildman–Crippen LogP) is 4.20. The minimum absolute atomic E-state index is 1.25. The average molecular weight is 227 g/mol. The van der Waals surface area contributed by atoms with Crippen molar-refractivity contribution in [3.63, 3.8) is 0 Å². The predicted molar refractivity (Wildman–Crippen MR) is 53.5 cm³/mol. The van der Waals surface area contributed by atoms with Crippen LogP contribution >= 0.6 is 9.95 Å². The normalized spacial score (nSPS) is 16.3. The summed E-state index contributed by atoms with van der Waals surface area (Å²) in [6.45, 7) is 9.04. The first-order chi connectivity index (χ1) is 4.54. The Morgan fingerprint density at radius 1 is 0.800 bits per heavy atom. The molecule has 0 unspecified atom stereocenters. The van der Waals surface area contributed by atoms with Gasteiger partial charge in [-0.25, -0.2) is 0 Å². The van der Waals surface area contributed by atoms with Crippen LogP contribution in [0.4, 0.5) is 0 Å². The summed E-state index contributed by atoms with van der Waals surface area (Å²) in [5, 5.41) is 5.01. The first kappa shape index (κ1) is 10.8. The second-order valence-electron chi connectivity index (χ2n) is 3.08. The SMILES string of the molecule is CC[As](Cl)(CC)(CC)CC. The summed E-state index contributed by atoms with van der Waals surface area (Å²) in [7, 11) is 6.71. The van der Waals surface area contributed by atoms with Crippen molar-refractivity contribution in [2.24, 2.45) is 0 Å². The summed E-state index contributed by atoms with van der Waals surface area (Å²) in [5.74, 6) is 0. The quantitative estimate of drug-likeness (QED) is 0.630. The molecule has 0 saturated heterocycles. The first-order valence-corrected chi connectivity index (χ1v) is 12.0. The molecule has 2 heteroatoms. The Kier molecular flexibility index (Phi) is 3.79. The van der Waals surface area contributed by atoms with E-state index in [-0.39, 0.29) is 0 Å². The van der Waals surface area contributed by atoms with Crippen molar-refractivity contribution >= 4 is 21.5 Å². The van der Waals surface area contributed by atoms with Gasteiger partial charge in [0.05, 0.1) is 0 Å². The van der Waals surface area contributed by atoms with Crippen LogP contribution in [0.2, 0.25) is 20.8 Å². The van der Waals surface area contributed by atoms with Gasteiger partial charge in [0.2, 0.25) is 0 Å². The third-order valence-corrected chi connectivity index (χ3v) is 21.4. The molecule has 0 nitrogen and oxygen atoms in total. The van der Waals surface area contributed by atoms with E-state index < -0.39 is 11.5 Å². The Labute approximate surface area is 70.1 Å². The maximum absolute atomic E-state index is 6.71. The second-order valence-corrected chi connectivity index (χ2v) is 21.0. The average Bonchev–Trinajstić information content (AvgIpc) is 2.04. The van der Waals surface area contributed by atoms with Crippen molar-refractivity contribution in [3.8, 4) is 0 Å². The molecule has 0 atom stereocenters. The van der Waals surface area contributed by atoms with Crippen molar-refractivity contribution in [1.82, 2.24) is 0 Å². The van der Waals surface area contributed by atoms with Gasteiger partial charge >= 0.3 is 70.0 Å². The van der Waals surface area contributed by atoms with Crippen molar-refractivity contribution in [1.29, 1.82) is 0 Å². The molecule has 0 aliphatic carbocycles. The topological polar surface area (TPSA) is 0 Å². The number of hydrogen-bond acceptors (Lipinski definition) is 0. The van der Waals surface area contributed by atoms with Crippen LogP contribution in [0.3, 0.4) is 0 Å². The molecule has 64 valence electrons. The van der Waals surface area contributed by atoms with E-state index in [0.717, 1.165) is 0 Å². The Morgan fingerprint density at radius 3 is 1.00 bits per heavy atom. The summed E-state index contributed by atoms with van der Waals surface area (Å²) in [4.78, 5) is 0. The van der Waals surface area contributed by atoms with Crippen molar-refractivity contribution < 1.29 is 0 Å². The van der Waals surface area contributed by atoms with E-state index in [4.69, 9.17) is 9.95 Å². The van der Waals surface area contributed by atoms with Crippen LogP contribution in [-0.2, 0) is 0 Å². The number of halogens is 1. The van der Waals surface area contributed by atoms with Crippen LogP contribution in [-0.4, -0.2) is 11.5 Å². The molecule has 0 bridgehead atoms. The second kappa shape index (κ2) is 3.50. The Morgan fingerprint density at radius 2 is 1.00 bits per heavy atom. The zero-order valence-corrected chi connectivity index (χ0v) is 10.3. The summed E-state index contributed by atoms with van der Waals surface area (Å²) < 4.78 is 0. The van der Waals surface area contributed by atoms with Gasteiger partial charge in [0.15, 0.2) is 0 Å². The fourth-order valence-electron chi connectivity index (χ4n) is 1.34. The Hall–Kier alpha value is 0.848. The van der Waals surface area contributed by atoms with Crippen LogP contribution < -0.4 is 0 Å². The molecule has 0 aliphatic heterocycles. The van der Waals surface area contributed by atoms with Gasteiger partial charge in [0.25, 0.3) is 0 Å². The Balaban J connectivity index is 4.42. The molecule has 0 aromatic carbocycles. The molecule has 0 heterocycles. The third-order valence-electron chi connectivity index (χ3n) is 3.16. The molecule has 0 spiro atoms. The van der Waals surface area contributed by atoms with E-state index in [1.807, 2.05) is 0 Å². The Bertz CT molecular complexity index is 84.3. The van der Waals surface area contributed by atoms with Crippen molar-refractivity contribution in [2.45, 2.75) is 48.5 Å². The number of rotatable bonds is 4. The third kappa shape index (κ3) is 1.92. The maximum atomic E-state index is 6.71. The van der Waals surface area contributed by atoms with Gasteiger partial charge < -0.3 is 0 Å². The summed E-state index contributed by atoms with van der Waals surface area (Å²) in [6.07, 6.45) is 0. The van der Waals surface area contributed by atoms with E-state index in [2.05, 4.69) is 27.7 Å². The summed E-state index contributed by atoms with van der Waals surface area (Å²) >= 11 is -2.20. The molecule has 0 radical (unpaired) electrons. The molecule has 0 saturated carbocycles. The summed E-state index contributed by atoms with van der Waals surface area (Å²) in [5.41, 5.74) is 0. The van der Waals surface area contributed by atoms with Crippen molar-refractivity contribution in [2.75, 3.05) is 0 Å². The van der Waals surface area contributed by atoms with E-state index in [1.54, 1.807) is 0 Å². The fraction of sp³-hybridized carbons (Fsp3) is 1.00. The van der Waals surface area contributed by atoms with Gasteiger partial charge in [-0.05, 0) is 0 Å². The molecule has 0 aromatic rings. The summed E-state index contributed by atoms with van der Waals surface area (Å²) in [6, 6.07) is 0. The van der Waals surface area contributed by atoms with E-state index in [9.17, 15) is 0 Å². The van der Waals surface area contributed by atoms with Gasteiger partial charge in [0.1, 0.15) is 0 Å². The molecular formula is C8H20AsCl. The first-order valence-electron chi connectivity index (χ1n) is 4.26. The monoisotopic (exact) mass is 226 g/mol. The van der Waals surface area contributed by atoms with Crippen LogP contribution in [0.5, 0.6) is 0 Å². The van der Waals surface area contributed by atoms with E-state index in [1.165, 1.54) is 20.8 Å². The standard InChI is InChI=1S/C8H20AsCl/c1-5-9(10,6-2,7-3)8-4/h5-8H2,1-4H3. The van der Waals surface area contributed by atoms with Crippen LogP contribution in [0, 0.1) is 0 Å². The number of hydrogen-bond donors (Lipinski definition) is 0. The minimum atomic E-state index is -2.20. The van der Waals surface area contributed by atoms with E-state index in [0.29, 0.717) is 0 Å². The zero-order valence-electron chi connectivity index (χ0n) is 7.65. The fourth-order valence-corrected chi connectivity index (χ4v) is 6.97. The van der Waals surface area contributed by atoms with Gasteiger partial charge in [-0.2, -0.15) is 0 Å². The van der Waals surface area contributed by atoms with Crippen LogP contribution in [0.1, 0.15) is 27.7 Å². The van der Waals surface area contributed by atoms with Crippen LogP contribution in [0.25, 0.3) is 0 Å². The van der Waals surface area contributed by atoms with Crippen molar-refractivity contribution in [3.05, 3.63) is 0 Å². The molecular weight excluding hydrogens is 206 g/mol. The molecule has 10 heavy (non-hydrogen) atoms. The van der Waals surface area contributed by atoms with E-state index >= 15 is 0 Å². The molecule has 0 aromatic heterocycles. The van der Waals surface area contributed by atoms with Crippen LogP contribution in [0.15, 0.2) is 0 Å². The molecule has 0 rings (SSSR count). The van der Waals surface area contributed by atoms with Gasteiger partial charge in [-0.3, -0.25) is 0 Å². The molecule has 0 fully saturated rings. The molecule has 0 aliphatic rings. The zero-order chi connectivity index (χ0) is 8.28. The van der Waals surface area contributed by atoms with Gasteiger partial charge in [0, 0.05) is 0 Å². The molecule has 0 amide bonds. The van der Waals surface area contributed by atoms with Gasteiger partial charge in [-0.1, -0.05) is 0 Å². The van der Waals surface area contributed by atoms with Gasteiger partial charge in [-0.15, -0.1) is 0 Å². The molecule has 0 N–H and O–H groups in total.